The van der Waals surface area contributed by atoms with Crippen LogP contribution in [0.2, 0.25) is 0 Å². The number of benzene rings is 4. The fraction of sp³-hybridized carbons (Fsp3) is 0. The van der Waals surface area contributed by atoms with Gasteiger partial charge in [-0.3, -0.25) is 0 Å². The topological polar surface area (TPSA) is 31.0 Å². The van der Waals surface area contributed by atoms with E-state index in [0.717, 1.165) is 16.8 Å². The molecule has 0 saturated heterocycles. The van der Waals surface area contributed by atoms with Crippen molar-refractivity contribution in [1.29, 1.82) is 0 Å². The lowest BCUT2D eigenvalue weighted by Crippen LogP contribution is -1.95. The van der Waals surface area contributed by atoms with Gasteiger partial charge < -0.3 is 8.98 Å². The van der Waals surface area contributed by atoms with Crippen LogP contribution in [0, 0.1) is 0 Å². The van der Waals surface area contributed by atoms with Crippen molar-refractivity contribution in [3.63, 3.8) is 0 Å². The van der Waals surface area contributed by atoms with E-state index in [1.165, 1.54) is 39.0 Å². The minimum atomic E-state index is 0.800. The molecule has 0 aliphatic heterocycles. The van der Waals surface area contributed by atoms with Crippen LogP contribution in [0.3, 0.4) is 0 Å². The Morgan fingerprint density at radius 2 is 1.50 bits per heavy atom. The quantitative estimate of drug-likeness (QED) is 0.365. The summed E-state index contributed by atoms with van der Waals surface area (Å²) in [5.74, 6) is 0. The van der Waals surface area contributed by atoms with Gasteiger partial charge in [0.15, 0.2) is 12.0 Å². The molecule has 3 nitrogen and oxygen atoms in total. The second-order valence-electron chi connectivity index (χ2n) is 6.55. The summed E-state index contributed by atoms with van der Waals surface area (Å²) in [6.07, 6.45) is 1.51. The van der Waals surface area contributed by atoms with Crippen LogP contribution < -0.4 is 0 Å². The predicted octanol–water partition coefficient (Wildman–Crippen LogP) is 6.08. The Balaban J connectivity index is 1.87. The van der Waals surface area contributed by atoms with Gasteiger partial charge in [0.2, 0.25) is 0 Å². The lowest BCUT2D eigenvalue weighted by molar-refractivity contribution is 0.602. The fourth-order valence-electron chi connectivity index (χ4n) is 3.97. The van der Waals surface area contributed by atoms with E-state index >= 15 is 0 Å². The van der Waals surface area contributed by atoms with E-state index in [0.29, 0.717) is 0 Å². The highest BCUT2D eigenvalue weighted by molar-refractivity contribution is 6.14. The van der Waals surface area contributed by atoms with Gasteiger partial charge in [0.25, 0.3) is 0 Å². The van der Waals surface area contributed by atoms with E-state index in [4.69, 9.17) is 4.42 Å². The molecule has 0 fully saturated rings. The number of aromatic nitrogens is 2. The summed E-state index contributed by atoms with van der Waals surface area (Å²) in [5, 5.41) is 4.98. The highest BCUT2D eigenvalue weighted by atomic mass is 16.3. The van der Waals surface area contributed by atoms with Crippen molar-refractivity contribution in [2.45, 2.75) is 0 Å². The van der Waals surface area contributed by atoms with Crippen LogP contribution in [0.1, 0.15) is 0 Å². The smallest absolute Gasteiger partial charge is 0.182 e. The van der Waals surface area contributed by atoms with Crippen molar-refractivity contribution < 1.29 is 4.42 Å². The number of para-hydroxylation sites is 2. The molecule has 122 valence electrons. The molecule has 0 spiro atoms. The Hall–Kier alpha value is -3.59. The minimum Gasteiger partial charge on any atom is -0.443 e. The standard InChI is InChI=1S/C23H14N2O/c1-2-7-16-13-21-18(12-15(16)6-1)17-8-3-4-9-19(17)25(21)20-10-5-11-22-23(20)24-14-26-22/h1-14H. The fourth-order valence-corrected chi connectivity index (χ4v) is 3.97. The molecule has 2 heterocycles. The Kier molecular flexibility index (Phi) is 2.61. The summed E-state index contributed by atoms with van der Waals surface area (Å²) in [6, 6.07) is 27.7. The molecule has 0 N–H and O–H groups in total. The monoisotopic (exact) mass is 334 g/mol. The van der Waals surface area contributed by atoms with E-state index in [9.17, 15) is 0 Å². The van der Waals surface area contributed by atoms with Crippen LogP contribution in [0.15, 0.2) is 89.7 Å². The van der Waals surface area contributed by atoms with E-state index in [1.54, 1.807) is 0 Å². The predicted molar refractivity (Wildman–Crippen MR) is 106 cm³/mol. The molecule has 0 atom stereocenters. The lowest BCUT2D eigenvalue weighted by Gasteiger charge is -2.08. The number of rotatable bonds is 1. The van der Waals surface area contributed by atoms with Crippen molar-refractivity contribution in [2.24, 2.45) is 0 Å². The number of oxazole rings is 1. The highest BCUT2D eigenvalue weighted by Gasteiger charge is 2.15. The summed E-state index contributed by atoms with van der Waals surface area (Å²) >= 11 is 0. The maximum absolute atomic E-state index is 5.53. The largest absolute Gasteiger partial charge is 0.443 e. The number of nitrogens with zero attached hydrogens (tertiary/aromatic N) is 2. The number of hydrogen-bond donors (Lipinski definition) is 0. The first kappa shape index (κ1) is 13.7. The van der Waals surface area contributed by atoms with Crippen molar-refractivity contribution >= 4 is 43.7 Å². The van der Waals surface area contributed by atoms with E-state index in [2.05, 4.69) is 76.3 Å². The minimum absolute atomic E-state index is 0.800. The summed E-state index contributed by atoms with van der Waals surface area (Å²) in [7, 11) is 0. The van der Waals surface area contributed by atoms with E-state index < -0.39 is 0 Å². The third-order valence-electron chi connectivity index (χ3n) is 5.12. The molecule has 0 saturated carbocycles. The first-order chi connectivity index (χ1) is 12.9. The van der Waals surface area contributed by atoms with Crippen LogP contribution >= 0.6 is 0 Å². The molecule has 0 aliphatic carbocycles. The molecule has 0 unspecified atom stereocenters. The van der Waals surface area contributed by atoms with E-state index in [-0.39, 0.29) is 0 Å². The van der Waals surface area contributed by atoms with Crippen molar-refractivity contribution in [1.82, 2.24) is 9.55 Å². The molecule has 4 aromatic carbocycles. The maximum atomic E-state index is 5.53. The summed E-state index contributed by atoms with van der Waals surface area (Å²) in [4.78, 5) is 4.46. The SMILES string of the molecule is c1ccc2cc3c(cc2c1)c1ccccc1n3-c1cccc2ocnc12. The van der Waals surface area contributed by atoms with Gasteiger partial charge in [-0.05, 0) is 41.1 Å². The normalized spacial score (nSPS) is 11.8. The van der Waals surface area contributed by atoms with Crippen LogP contribution in [0.4, 0.5) is 0 Å². The van der Waals surface area contributed by atoms with Gasteiger partial charge in [-0.1, -0.05) is 48.5 Å². The molecule has 0 radical (unpaired) electrons. The first-order valence-electron chi connectivity index (χ1n) is 8.65. The van der Waals surface area contributed by atoms with Gasteiger partial charge in [0.1, 0.15) is 5.52 Å². The molecule has 6 aromatic rings. The lowest BCUT2D eigenvalue weighted by atomic mass is 10.1. The van der Waals surface area contributed by atoms with Crippen molar-refractivity contribution in [3.8, 4) is 5.69 Å². The zero-order valence-electron chi connectivity index (χ0n) is 13.9. The maximum Gasteiger partial charge on any atom is 0.182 e. The average Bonchev–Trinajstić information content (AvgIpc) is 3.29. The summed E-state index contributed by atoms with van der Waals surface area (Å²) < 4.78 is 7.82. The second kappa shape index (κ2) is 4.96. The number of hydrogen-bond acceptors (Lipinski definition) is 2. The Labute approximate surface area is 149 Å². The summed E-state index contributed by atoms with van der Waals surface area (Å²) in [5.41, 5.74) is 5.07. The van der Waals surface area contributed by atoms with Gasteiger partial charge >= 0.3 is 0 Å². The van der Waals surface area contributed by atoms with Gasteiger partial charge in [0, 0.05) is 10.8 Å². The van der Waals surface area contributed by atoms with Gasteiger partial charge in [0.05, 0.1) is 16.7 Å². The zero-order chi connectivity index (χ0) is 17.1. The zero-order valence-corrected chi connectivity index (χ0v) is 13.9. The molecule has 0 bridgehead atoms. The number of fused-ring (bicyclic) bond motifs is 5. The average molecular weight is 334 g/mol. The van der Waals surface area contributed by atoms with Crippen LogP contribution in [0.25, 0.3) is 49.4 Å². The van der Waals surface area contributed by atoms with Gasteiger partial charge in [-0.2, -0.15) is 0 Å². The molecular weight excluding hydrogens is 320 g/mol. The van der Waals surface area contributed by atoms with Crippen LogP contribution in [-0.4, -0.2) is 9.55 Å². The third-order valence-corrected chi connectivity index (χ3v) is 5.12. The summed E-state index contributed by atoms with van der Waals surface area (Å²) in [6.45, 7) is 0. The first-order valence-corrected chi connectivity index (χ1v) is 8.65. The molecule has 26 heavy (non-hydrogen) atoms. The van der Waals surface area contributed by atoms with Gasteiger partial charge in [-0.25, -0.2) is 4.98 Å². The molecule has 0 aliphatic rings. The molecule has 6 rings (SSSR count). The van der Waals surface area contributed by atoms with Crippen molar-refractivity contribution in [3.05, 3.63) is 85.3 Å². The third kappa shape index (κ3) is 1.74. The molecule has 0 amide bonds. The molecular formula is C23H14N2O. The Bertz CT molecular complexity index is 1440. The second-order valence-corrected chi connectivity index (χ2v) is 6.55. The van der Waals surface area contributed by atoms with Crippen LogP contribution in [-0.2, 0) is 0 Å². The Morgan fingerprint density at radius 3 is 2.42 bits per heavy atom. The van der Waals surface area contributed by atoms with E-state index in [1.807, 2.05) is 12.1 Å². The van der Waals surface area contributed by atoms with Crippen molar-refractivity contribution in [2.75, 3.05) is 0 Å². The van der Waals surface area contributed by atoms with Crippen LogP contribution in [0.5, 0.6) is 0 Å². The highest BCUT2D eigenvalue weighted by Crippen LogP contribution is 2.36. The van der Waals surface area contributed by atoms with Gasteiger partial charge in [-0.15, -0.1) is 0 Å². The Morgan fingerprint density at radius 1 is 0.692 bits per heavy atom. The molecule has 2 aromatic heterocycles. The molecule has 3 heteroatoms.